The van der Waals surface area contributed by atoms with Crippen molar-refractivity contribution in [2.75, 3.05) is 12.0 Å². The average Bonchev–Trinajstić information content (AvgIpc) is 3.17. The Morgan fingerprint density at radius 2 is 1.55 bits per heavy atom. The Labute approximate surface area is 196 Å². The molecule has 0 spiro atoms. The lowest BCUT2D eigenvalue weighted by Crippen LogP contribution is -2.55. The fourth-order valence-corrected chi connectivity index (χ4v) is 5.52. The van der Waals surface area contributed by atoms with Crippen LogP contribution in [0.5, 0.6) is 0 Å². The highest BCUT2D eigenvalue weighted by molar-refractivity contribution is 8.15. The molecule has 5 nitrogen and oxygen atoms in total. The Kier molecular flexibility index (Phi) is 5.62. The van der Waals surface area contributed by atoms with E-state index in [0.717, 1.165) is 22.0 Å². The normalized spacial score (nSPS) is 21.5. The van der Waals surface area contributed by atoms with Gasteiger partial charge in [-0.3, -0.25) is 4.90 Å². The first-order valence-electron chi connectivity index (χ1n) is 10.6. The van der Waals surface area contributed by atoms with Crippen LogP contribution in [-0.2, 0) is 9.53 Å². The highest BCUT2D eigenvalue weighted by atomic mass is 32.2. The van der Waals surface area contributed by atoms with Crippen molar-refractivity contribution in [2.24, 2.45) is 4.99 Å². The molecule has 1 N–H and O–H groups in total. The van der Waals surface area contributed by atoms with E-state index in [1.807, 2.05) is 103 Å². The number of carbonyl (C=O) groups excluding carboxylic acids is 1. The van der Waals surface area contributed by atoms with E-state index in [0.29, 0.717) is 10.9 Å². The standard InChI is InChI=1S/C27H22N2O3S/c1-32-25(30)27(31)24(20-12-4-2-5-13-20)33-26(29(27)21-15-6-3-7-16-21)28-23-18-10-14-19-11-8-9-17-22(19)23/h2-18,24,31H,1H3. The number of ether oxygens (including phenoxy) is 1. The molecular formula is C27H22N2O3S. The third-order valence-electron chi connectivity index (χ3n) is 5.71. The average molecular weight is 455 g/mol. The van der Waals surface area contributed by atoms with Crippen LogP contribution in [0, 0.1) is 0 Å². The maximum Gasteiger partial charge on any atom is 0.361 e. The molecule has 4 aromatic rings. The number of hydrogen-bond donors (Lipinski definition) is 1. The number of nitrogens with zero attached hydrogens (tertiary/aromatic N) is 2. The van der Waals surface area contributed by atoms with Gasteiger partial charge >= 0.3 is 5.97 Å². The summed E-state index contributed by atoms with van der Waals surface area (Å²) in [5.41, 5.74) is 0.234. The van der Waals surface area contributed by atoms with Crippen molar-refractivity contribution in [2.45, 2.75) is 11.0 Å². The number of carbonyl (C=O) groups is 1. The third-order valence-corrected chi connectivity index (χ3v) is 7.03. The molecule has 2 unspecified atom stereocenters. The second-order valence-electron chi connectivity index (χ2n) is 7.69. The Hall–Kier alpha value is -3.61. The molecular weight excluding hydrogens is 432 g/mol. The van der Waals surface area contributed by atoms with Gasteiger partial charge in [-0.1, -0.05) is 96.7 Å². The number of esters is 1. The van der Waals surface area contributed by atoms with E-state index in [-0.39, 0.29) is 0 Å². The SMILES string of the molecule is COC(=O)C1(O)C(c2ccccc2)SC(=Nc2cccc3ccccc23)N1c1ccccc1. The fraction of sp³-hybridized carbons (Fsp3) is 0.111. The number of rotatable bonds is 4. The van der Waals surface area contributed by atoms with Crippen molar-refractivity contribution >= 4 is 45.0 Å². The van der Waals surface area contributed by atoms with Crippen molar-refractivity contribution in [1.29, 1.82) is 0 Å². The van der Waals surface area contributed by atoms with Crippen LogP contribution < -0.4 is 4.90 Å². The molecule has 1 heterocycles. The van der Waals surface area contributed by atoms with Gasteiger partial charge < -0.3 is 9.84 Å². The predicted molar refractivity (Wildman–Crippen MR) is 134 cm³/mol. The monoisotopic (exact) mass is 454 g/mol. The van der Waals surface area contributed by atoms with Crippen LogP contribution in [0.3, 0.4) is 0 Å². The minimum atomic E-state index is -1.98. The summed E-state index contributed by atoms with van der Waals surface area (Å²) in [5, 5.41) is 13.9. The number of aliphatic hydroxyl groups is 1. The second-order valence-corrected chi connectivity index (χ2v) is 8.76. The Morgan fingerprint density at radius 3 is 2.27 bits per heavy atom. The number of aliphatic imine (C=N–C) groups is 1. The lowest BCUT2D eigenvalue weighted by molar-refractivity contribution is -0.161. The second kappa shape index (κ2) is 8.73. The minimum absolute atomic E-state index is 0.513. The Morgan fingerprint density at radius 1 is 0.909 bits per heavy atom. The third kappa shape index (κ3) is 3.67. The zero-order valence-electron chi connectivity index (χ0n) is 18.0. The highest BCUT2D eigenvalue weighted by Gasteiger charge is 2.59. The highest BCUT2D eigenvalue weighted by Crippen LogP contribution is 2.52. The number of hydrogen-bond acceptors (Lipinski definition) is 5. The topological polar surface area (TPSA) is 62.1 Å². The van der Waals surface area contributed by atoms with E-state index < -0.39 is 16.9 Å². The maximum absolute atomic E-state index is 13.1. The molecule has 0 saturated carbocycles. The summed E-state index contributed by atoms with van der Waals surface area (Å²) < 4.78 is 5.11. The quantitative estimate of drug-likeness (QED) is 0.402. The predicted octanol–water partition coefficient (Wildman–Crippen LogP) is 5.68. The van der Waals surface area contributed by atoms with Gasteiger partial charge in [0.2, 0.25) is 0 Å². The van der Waals surface area contributed by atoms with E-state index in [9.17, 15) is 9.90 Å². The summed E-state index contributed by atoms with van der Waals surface area (Å²) in [6, 6.07) is 32.7. The molecule has 0 aromatic heterocycles. The lowest BCUT2D eigenvalue weighted by Gasteiger charge is -2.34. The molecule has 2 atom stereocenters. The van der Waals surface area contributed by atoms with Crippen molar-refractivity contribution in [3.63, 3.8) is 0 Å². The molecule has 0 amide bonds. The van der Waals surface area contributed by atoms with Gasteiger partial charge in [0.05, 0.1) is 18.0 Å². The van der Waals surface area contributed by atoms with Gasteiger partial charge in [0.1, 0.15) is 0 Å². The van der Waals surface area contributed by atoms with Crippen molar-refractivity contribution in [1.82, 2.24) is 0 Å². The molecule has 6 heteroatoms. The molecule has 164 valence electrons. The maximum atomic E-state index is 13.1. The molecule has 4 aromatic carbocycles. The first-order chi connectivity index (χ1) is 16.1. The largest absolute Gasteiger partial charge is 0.465 e. The van der Waals surface area contributed by atoms with Gasteiger partial charge in [-0.25, -0.2) is 9.79 Å². The lowest BCUT2D eigenvalue weighted by atomic mass is 9.99. The first-order valence-corrected chi connectivity index (χ1v) is 11.4. The summed E-state index contributed by atoms with van der Waals surface area (Å²) in [6.45, 7) is 0. The molecule has 0 radical (unpaired) electrons. The van der Waals surface area contributed by atoms with Crippen molar-refractivity contribution in [3.05, 3.63) is 109 Å². The van der Waals surface area contributed by atoms with Crippen molar-refractivity contribution < 1.29 is 14.6 Å². The van der Waals surface area contributed by atoms with Gasteiger partial charge in [-0.15, -0.1) is 0 Å². The zero-order valence-corrected chi connectivity index (χ0v) is 18.8. The number of methoxy groups -OCH3 is 1. The van der Waals surface area contributed by atoms with E-state index >= 15 is 0 Å². The summed E-state index contributed by atoms with van der Waals surface area (Å²) in [6.07, 6.45) is 0. The van der Waals surface area contributed by atoms with Crippen LogP contribution in [0.15, 0.2) is 108 Å². The van der Waals surface area contributed by atoms with Gasteiger partial charge in [0.25, 0.3) is 5.72 Å². The number of para-hydroxylation sites is 1. The van der Waals surface area contributed by atoms with E-state index in [2.05, 4.69) is 0 Å². The fourth-order valence-electron chi connectivity index (χ4n) is 4.15. The Balaban J connectivity index is 1.74. The minimum Gasteiger partial charge on any atom is -0.465 e. The van der Waals surface area contributed by atoms with E-state index in [4.69, 9.17) is 9.73 Å². The van der Waals surface area contributed by atoms with Gasteiger partial charge in [0, 0.05) is 11.1 Å². The smallest absolute Gasteiger partial charge is 0.361 e. The number of thioether (sulfide) groups is 1. The van der Waals surface area contributed by atoms with Crippen LogP contribution in [0.25, 0.3) is 10.8 Å². The molecule has 0 aliphatic carbocycles. The van der Waals surface area contributed by atoms with E-state index in [1.54, 1.807) is 4.90 Å². The van der Waals surface area contributed by atoms with E-state index in [1.165, 1.54) is 18.9 Å². The van der Waals surface area contributed by atoms with Gasteiger partial charge in [-0.2, -0.15) is 0 Å². The van der Waals surface area contributed by atoms with Crippen molar-refractivity contribution in [3.8, 4) is 0 Å². The number of benzene rings is 4. The molecule has 1 aliphatic rings. The number of anilines is 1. The van der Waals surface area contributed by atoms with Gasteiger partial charge in [0.15, 0.2) is 5.17 Å². The molecule has 1 aliphatic heterocycles. The zero-order chi connectivity index (χ0) is 22.8. The van der Waals surface area contributed by atoms with Gasteiger partial charge in [-0.05, 0) is 29.1 Å². The van der Waals surface area contributed by atoms with Crippen LogP contribution in [0.4, 0.5) is 11.4 Å². The summed E-state index contributed by atoms with van der Waals surface area (Å²) in [7, 11) is 1.29. The molecule has 1 fully saturated rings. The number of amidine groups is 1. The molecule has 33 heavy (non-hydrogen) atoms. The molecule has 1 saturated heterocycles. The summed E-state index contributed by atoms with van der Waals surface area (Å²) in [5.74, 6) is -0.740. The van der Waals surface area contributed by atoms with Crippen LogP contribution >= 0.6 is 11.8 Å². The molecule has 0 bridgehead atoms. The van der Waals surface area contributed by atoms with Crippen LogP contribution in [0.1, 0.15) is 10.8 Å². The van der Waals surface area contributed by atoms with Crippen LogP contribution in [0.2, 0.25) is 0 Å². The summed E-state index contributed by atoms with van der Waals surface area (Å²) in [4.78, 5) is 19.7. The van der Waals surface area contributed by atoms with Crippen LogP contribution in [-0.4, -0.2) is 29.1 Å². The summed E-state index contributed by atoms with van der Waals surface area (Å²) >= 11 is 1.35. The number of fused-ring (bicyclic) bond motifs is 1. The first kappa shape index (κ1) is 21.2. The Bertz CT molecular complexity index is 1320. The molecule has 5 rings (SSSR count).